The largest absolute Gasteiger partial charge is 0.506 e. The minimum Gasteiger partial charge on any atom is -0.463 e. The molecule has 3 atom stereocenters. The van der Waals surface area contributed by atoms with E-state index in [-0.39, 0.29) is 6.61 Å². The molecule has 27 heavy (non-hydrogen) atoms. The van der Waals surface area contributed by atoms with Crippen LogP contribution >= 0.6 is 0 Å². The maximum atomic E-state index is 11.2. The molecular formula is C18H36O8Si. The Labute approximate surface area is 164 Å². The molecule has 0 aliphatic rings. The van der Waals surface area contributed by atoms with Crippen LogP contribution in [0.25, 0.3) is 0 Å². The molecule has 0 fully saturated rings. The van der Waals surface area contributed by atoms with Crippen molar-refractivity contribution >= 4 is 14.8 Å². The number of ether oxygens (including phenoxy) is 4. The molecule has 0 aliphatic heterocycles. The van der Waals surface area contributed by atoms with Crippen molar-refractivity contribution in [2.75, 3.05) is 26.4 Å². The van der Waals surface area contributed by atoms with E-state index in [1.54, 1.807) is 20.8 Å². The van der Waals surface area contributed by atoms with Gasteiger partial charge in [-0.3, -0.25) is 0 Å². The van der Waals surface area contributed by atoms with Gasteiger partial charge >= 0.3 is 14.8 Å². The lowest BCUT2D eigenvalue weighted by Gasteiger charge is -2.35. The molecule has 0 amide bonds. The molecule has 0 saturated carbocycles. The Balaban J connectivity index is 5.25. The van der Waals surface area contributed by atoms with E-state index in [4.69, 9.17) is 32.2 Å². The number of carbonyl (C=O) groups is 1. The number of hydrogen-bond donors (Lipinski definition) is 0. The Morgan fingerprint density at radius 2 is 1.30 bits per heavy atom. The summed E-state index contributed by atoms with van der Waals surface area (Å²) < 4.78 is 39.9. The zero-order chi connectivity index (χ0) is 20.7. The van der Waals surface area contributed by atoms with E-state index in [0.29, 0.717) is 32.3 Å². The predicted octanol–water partition coefficient (Wildman–Crippen LogP) is 3.24. The van der Waals surface area contributed by atoms with E-state index in [0.717, 1.165) is 6.08 Å². The van der Waals surface area contributed by atoms with Crippen LogP contribution in [0.1, 0.15) is 48.0 Å². The van der Waals surface area contributed by atoms with Crippen LogP contribution < -0.4 is 0 Å². The van der Waals surface area contributed by atoms with Gasteiger partial charge in [0.25, 0.3) is 0 Å². The normalized spacial score (nSPS) is 17.0. The summed E-state index contributed by atoms with van der Waals surface area (Å²) in [6.07, 6.45) is 0.0299. The molecule has 0 aromatic carbocycles. The van der Waals surface area contributed by atoms with Gasteiger partial charge in [-0.05, 0) is 48.0 Å². The van der Waals surface area contributed by atoms with Gasteiger partial charge in [0, 0.05) is 31.9 Å². The van der Waals surface area contributed by atoms with Crippen LogP contribution in [0.4, 0.5) is 0 Å². The van der Waals surface area contributed by atoms with E-state index >= 15 is 0 Å². The van der Waals surface area contributed by atoms with Crippen molar-refractivity contribution in [2.45, 2.75) is 72.9 Å². The second kappa shape index (κ2) is 15.1. The summed E-state index contributed by atoms with van der Waals surface area (Å²) in [7, 11) is -3.27. The third-order valence-electron chi connectivity index (χ3n) is 3.28. The fourth-order valence-corrected chi connectivity index (χ4v) is 5.16. The Kier molecular flexibility index (Phi) is 14.7. The summed E-state index contributed by atoms with van der Waals surface area (Å²) in [4.78, 5) is 11.2. The van der Waals surface area contributed by atoms with Crippen LogP contribution in [0.3, 0.4) is 0 Å². The molecule has 0 aromatic heterocycles. The van der Waals surface area contributed by atoms with Gasteiger partial charge in [0.05, 0.1) is 6.61 Å². The van der Waals surface area contributed by atoms with Crippen LogP contribution in [0.2, 0.25) is 6.04 Å². The molecule has 0 heterocycles. The molecule has 0 radical (unpaired) electrons. The van der Waals surface area contributed by atoms with Crippen molar-refractivity contribution in [1.82, 2.24) is 0 Å². The summed E-state index contributed by atoms with van der Waals surface area (Å²) in [6, 6.07) is 0.406. The molecule has 0 rings (SSSR count). The average molecular weight is 409 g/mol. The first-order valence-electron chi connectivity index (χ1n) is 9.49. The van der Waals surface area contributed by atoms with Gasteiger partial charge in [0.1, 0.15) is 18.9 Å². The highest BCUT2D eigenvalue weighted by atomic mass is 28.4. The minimum absolute atomic E-state index is 0.199. The van der Waals surface area contributed by atoms with Crippen molar-refractivity contribution in [3.63, 3.8) is 0 Å². The van der Waals surface area contributed by atoms with E-state index in [1.807, 2.05) is 20.8 Å². The monoisotopic (exact) mass is 408 g/mol. The summed E-state index contributed by atoms with van der Waals surface area (Å²) >= 11 is 0. The smallest absolute Gasteiger partial charge is 0.463 e. The van der Waals surface area contributed by atoms with Gasteiger partial charge in [-0.2, -0.15) is 0 Å². The topological polar surface area (TPSA) is 81.7 Å². The Hall–Kier alpha value is -0.813. The third-order valence-corrected chi connectivity index (χ3v) is 6.32. The Morgan fingerprint density at radius 3 is 1.63 bits per heavy atom. The zero-order valence-electron chi connectivity index (χ0n) is 17.5. The zero-order valence-corrected chi connectivity index (χ0v) is 18.5. The predicted molar refractivity (Wildman–Crippen MR) is 103 cm³/mol. The number of carbonyl (C=O) groups excluding carboxylic acids is 1. The highest BCUT2D eigenvalue weighted by Crippen LogP contribution is 2.25. The summed E-state index contributed by atoms with van der Waals surface area (Å²) in [5.74, 6) is -0.474. The Bertz CT molecular complexity index is 371. The fraction of sp³-hybridized carbons (Fsp3) is 0.833. The quantitative estimate of drug-likeness (QED) is 0.119. The lowest BCUT2D eigenvalue weighted by atomic mass is 10.5. The molecule has 0 bridgehead atoms. The summed E-state index contributed by atoms with van der Waals surface area (Å²) in [5.41, 5.74) is 0. The first kappa shape index (κ1) is 26.2. The Morgan fingerprint density at radius 1 is 0.889 bits per heavy atom. The maximum Gasteiger partial charge on any atom is 0.506 e. The minimum atomic E-state index is -3.27. The van der Waals surface area contributed by atoms with Crippen LogP contribution in [0.5, 0.6) is 0 Å². The molecule has 3 unspecified atom stereocenters. The number of hydrogen-bond acceptors (Lipinski definition) is 8. The molecule has 9 heteroatoms. The first-order valence-corrected chi connectivity index (χ1v) is 11.4. The molecule has 160 valence electrons. The molecule has 0 aromatic rings. The van der Waals surface area contributed by atoms with Gasteiger partial charge in [-0.25, -0.2) is 4.79 Å². The van der Waals surface area contributed by atoms with E-state index in [1.165, 1.54) is 0 Å². The molecule has 0 saturated heterocycles. The molecular weight excluding hydrogens is 372 g/mol. The fourth-order valence-electron chi connectivity index (χ4n) is 2.35. The van der Waals surface area contributed by atoms with Gasteiger partial charge in [0.2, 0.25) is 0 Å². The lowest BCUT2D eigenvalue weighted by Crippen LogP contribution is -2.52. The third kappa shape index (κ3) is 12.3. The first-order chi connectivity index (χ1) is 12.8. The van der Waals surface area contributed by atoms with E-state index < -0.39 is 33.6 Å². The average Bonchev–Trinajstić information content (AvgIpc) is 2.58. The molecule has 0 aliphatic carbocycles. The highest BCUT2D eigenvalue weighted by Gasteiger charge is 2.46. The summed E-state index contributed by atoms with van der Waals surface area (Å²) in [6.45, 7) is 16.0. The van der Waals surface area contributed by atoms with E-state index in [9.17, 15) is 4.79 Å². The van der Waals surface area contributed by atoms with Crippen LogP contribution in [-0.2, 0) is 37.0 Å². The number of esters is 1. The molecule has 8 nitrogen and oxygen atoms in total. The van der Waals surface area contributed by atoms with Gasteiger partial charge in [0.15, 0.2) is 0 Å². The van der Waals surface area contributed by atoms with Gasteiger partial charge in [-0.1, -0.05) is 6.58 Å². The standard InChI is InChI=1S/C18H36O8Si/c1-8-18(19)23-13-12-14-27(24-15(5)20-9-2,25-16(6)21-10-3)26-17(7)22-11-4/h8,15-17H,1,9-14H2,2-7H3. The SMILES string of the molecule is C=CC(=O)OCCC[Si](OC(C)OCC)(OC(C)OCC)OC(C)OCC. The summed E-state index contributed by atoms with van der Waals surface area (Å²) in [5, 5.41) is 0. The maximum absolute atomic E-state index is 11.2. The van der Waals surface area contributed by atoms with Crippen molar-refractivity contribution in [2.24, 2.45) is 0 Å². The highest BCUT2D eigenvalue weighted by molar-refractivity contribution is 6.60. The van der Waals surface area contributed by atoms with Gasteiger partial charge in [-0.15, -0.1) is 0 Å². The molecule has 0 N–H and O–H groups in total. The van der Waals surface area contributed by atoms with Crippen molar-refractivity contribution in [1.29, 1.82) is 0 Å². The van der Waals surface area contributed by atoms with Crippen molar-refractivity contribution < 1.29 is 37.0 Å². The van der Waals surface area contributed by atoms with Crippen molar-refractivity contribution in [3.05, 3.63) is 12.7 Å². The van der Waals surface area contributed by atoms with Crippen molar-refractivity contribution in [3.8, 4) is 0 Å². The van der Waals surface area contributed by atoms with Gasteiger partial charge < -0.3 is 32.2 Å². The van der Waals surface area contributed by atoms with E-state index in [2.05, 4.69) is 6.58 Å². The number of rotatable bonds is 17. The second-order valence-electron chi connectivity index (χ2n) is 5.58. The van der Waals surface area contributed by atoms with Crippen LogP contribution in [0.15, 0.2) is 12.7 Å². The second-order valence-corrected chi connectivity index (χ2v) is 8.15. The lowest BCUT2D eigenvalue weighted by molar-refractivity contribution is -0.176. The van der Waals surface area contributed by atoms with Crippen LogP contribution in [-0.4, -0.2) is 60.1 Å². The van der Waals surface area contributed by atoms with Crippen LogP contribution in [0, 0.1) is 0 Å². The molecule has 0 spiro atoms.